The molecule has 1 aliphatic rings. The van der Waals surface area contributed by atoms with Crippen molar-refractivity contribution in [1.82, 2.24) is 10.2 Å². The number of amides is 1. The van der Waals surface area contributed by atoms with Crippen molar-refractivity contribution in [2.45, 2.75) is 6.04 Å². The van der Waals surface area contributed by atoms with Gasteiger partial charge in [0.2, 0.25) is 0 Å². The summed E-state index contributed by atoms with van der Waals surface area (Å²) in [5.74, 6) is -0.608. The van der Waals surface area contributed by atoms with E-state index in [4.69, 9.17) is 16.3 Å². The lowest BCUT2D eigenvalue weighted by Crippen LogP contribution is -2.44. The molecule has 134 valence electrons. The molecule has 1 fully saturated rings. The van der Waals surface area contributed by atoms with Crippen LogP contribution in [0.15, 0.2) is 60.2 Å². The highest BCUT2D eigenvalue weighted by Gasteiger charge is 2.24. The van der Waals surface area contributed by atoms with Crippen LogP contribution in [0.25, 0.3) is 0 Å². The Hall–Kier alpha value is -1.95. The molecule has 1 saturated heterocycles. The van der Waals surface area contributed by atoms with Gasteiger partial charge >= 0.3 is 0 Å². The summed E-state index contributed by atoms with van der Waals surface area (Å²) in [5.41, 5.74) is 1.21. The maximum absolute atomic E-state index is 13.2. The Morgan fingerprint density at radius 3 is 2.56 bits per heavy atom. The fourth-order valence-electron chi connectivity index (χ4n) is 2.72. The average Bonchev–Trinajstić information content (AvgIpc) is 2.61. The Balaban J connectivity index is 2.14. The first-order valence-corrected chi connectivity index (χ1v) is 8.43. The normalized spacial score (nSPS) is 17.0. The highest BCUT2D eigenvalue weighted by atomic mass is 35.5. The fraction of sp³-hybridized carbons (Fsp3) is 0.316. The number of hydrogen-bond donors (Lipinski definition) is 1. The van der Waals surface area contributed by atoms with Crippen molar-refractivity contribution in [3.63, 3.8) is 0 Å². The quantitative estimate of drug-likeness (QED) is 0.597. The third kappa shape index (κ3) is 5.53. The van der Waals surface area contributed by atoms with Crippen LogP contribution in [0.4, 0.5) is 4.39 Å². The Kier molecular flexibility index (Phi) is 7.37. The zero-order valence-corrected chi connectivity index (χ0v) is 14.8. The van der Waals surface area contributed by atoms with Gasteiger partial charge in [-0.25, -0.2) is 4.39 Å². The minimum absolute atomic E-state index is 0.0815. The molecule has 1 N–H and O–H groups in total. The number of morpholine rings is 1. The van der Waals surface area contributed by atoms with Crippen LogP contribution < -0.4 is 5.32 Å². The second-order valence-electron chi connectivity index (χ2n) is 5.65. The van der Waals surface area contributed by atoms with Crippen molar-refractivity contribution < 1.29 is 13.9 Å². The van der Waals surface area contributed by atoms with Crippen LogP contribution in [-0.4, -0.2) is 43.7 Å². The summed E-state index contributed by atoms with van der Waals surface area (Å²) in [6, 6.07) is 6.25. The Morgan fingerprint density at radius 2 is 2.00 bits per heavy atom. The maximum Gasteiger partial charge on any atom is 0.252 e. The Labute approximate surface area is 152 Å². The van der Waals surface area contributed by atoms with E-state index in [0.717, 1.165) is 18.7 Å². The van der Waals surface area contributed by atoms with E-state index >= 15 is 0 Å². The van der Waals surface area contributed by atoms with E-state index < -0.39 is 0 Å². The van der Waals surface area contributed by atoms with Gasteiger partial charge in [0, 0.05) is 24.7 Å². The molecule has 1 atom stereocenters. The minimum atomic E-state index is -0.319. The molecule has 0 saturated carbocycles. The molecule has 0 spiro atoms. The molecule has 0 aromatic heterocycles. The van der Waals surface area contributed by atoms with Gasteiger partial charge in [-0.2, -0.15) is 0 Å². The highest BCUT2D eigenvalue weighted by molar-refractivity contribution is 6.35. The zero-order chi connectivity index (χ0) is 18.2. The summed E-state index contributed by atoms with van der Waals surface area (Å²) < 4.78 is 18.6. The van der Waals surface area contributed by atoms with E-state index in [-0.39, 0.29) is 28.4 Å². The average molecular weight is 365 g/mol. The van der Waals surface area contributed by atoms with Crippen LogP contribution >= 0.6 is 11.6 Å². The summed E-state index contributed by atoms with van der Waals surface area (Å²) in [6.07, 6.45) is 3.01. The number of allylic oxidation sites excluding steroid dienone is 2. The Bertz CT molecular complexity index is 652. The van der Waals surface area contributed by atoms with E-state index in [1.807, 2.05) is 0 Å². The van der Waals surface area contributed by atoms with Crippen LogP contribution in [0.3, 0.4) is 0 Å². The van der Waals surface area contributed by atoms with E-state index in [9.17, 15) is 9.18 Å². The van der Waals surface area contributed by atoms with Gasteiger partial charge in [-0.1, -0.05) is 43.0 Å². The van der Waals surface area contributed by atoms with Gasteiger partial charge in [0.15, 0.2) is 0 Å². The van der Waals surface area contributed by atoms with Crippen molar-refractivity contribution in [3.05, 3.63) is 71.6 Å². The van der Waals surface area contributed by atoms with Gasteiger partial charge in [-0.05, 0) is 23.8 Å². The van der Waals surface area contributed by atoms with Gasteiger partial charge in [0.1, 0.15) is 5.82 Å². The number of hydrogen-bond acceptors (Lipinski definition) is 3. The number of nitrogens with one attached hydrogen (secondary N) is 1. The summed E-state index contributed by atoms with van der Waals surface area (Å²) in [5, 5.41) is 3.04. The predicted molar refractivity (Wildman–Crippen MR) is 97.8 cm³/mol. The number of benzene rings is 1. The monoisotopic (exact) mass is 364 g/mol. The first kappa shape index (κ1) is 19.4. The van der Waals surface area contributed by atoms with Crippen LogP contribution in [0, 0.1) is 5.82 Å². The summed E-state index contributed by atoms with van der Waals surface area (Å²) in [6.45, 7) is 10.3. The second-order valence-corrected chi connectivity index (χ2v) is 6.10. The molecule has 1 heterocycles. The van der Waals surface area contributed by atoms with Crippen molar-refractivity contribution in [2.24, 2.45) is 0 Å². The molecule has 1 aromatic carbocycles. The number of ether oxygens (including phenoxy) is 1. The molecule has 0 radical (unpaired) electrons. The topological polar surface area (TPSA) is 41.6 Å². The number of carbonyl (C=O) groups excluding carboxylic acids is 1. The molecule has 0 bridgehead atoms. The van der Waals surface area contributed by atoms with Gasteiger partial charge in [0.05, 0.1) is 24.8 Å². The molecule has 1 aromatic rings. The molecule has 1 unspecified atom stereocenters. The summed E-state index contributed by atoms with van der Waals surface area (Å²) >= 11 is 5.88. The Morgan fingerprint density at radius 1 is 1.36 bits per heavy atom. The first-order valence-electron chi connectivity index (χ1n) is 8.06. The molecular formula is C19H22ClFN2O2. The minimum Gasteiger partial charge on any atom is -0.379 e. The first-order chi connectivity index (χ1) is 12.0. The van der Waals surface area contributed by atoms with Crippen LogP contribution in [0.5, 0.6) is 0 Å². The summed E-state index contributed by atoms with van der Waals surface area (Å²) in [7, 11) is 0. The van der Waals surface area contributed by atoms with E-state index in [1.165, 1.54) is 24.3 Å². The lowest BCUT2D eigenvalue weighted by atomic mass is 10.0. The second kappa shape index (κ2) is 9.51. The standard InChI is InChI=1S/C19H22ClFN2O2/c1-3-4-17(14(2)20)19(24)22-13-18(23-9-11-25-12-10-23)15-5-7-16(21)8-6-15/h3-8,18H,1-2,9-13H2,(H,22,24)/b17-4+. The molecule has 1 amide bonds. The lowest BCUT2D eigenvalue weighted by Gasteiger charge is -2.35. The van der Waals surface area contributed by atoms with Crippen molar-refractivity contribution in [3.8, 4) is 0 Å². The predicted octanol–water partition coefficient (Wildman–Crippen LogP) is 3.18. The van der Waals surface area contributed by atoms with Crippen molar-refractivity contribution in [2.75, 3.05) is 32.8 Å². The maximum atomic E-state index is 13.2. The van der Waals surface area contributed by atoms with E-state index in [0.29, 0.717) is 19.8 Å². The molecule has 25 heavy (non-hydrogen) atoms. The number of carbonyl (C=O) groups is 1. The van der Waals surface area contributed by atoms with E-state index in [1.54, 1.807) is 12.1 Å². The number of halogens is 2. The van der Waals surface area contributed by atoms with Crippen LogP contribution in [-0.2, 0) is 9.53 Å². The molecule has 1 aliphatic heterocycles. The fourth-order valence-corrected chi connectivity index (χ4v) is 2.87. The smallest absolute Gasteiger partial charge is 0.252 e. The third-order valence-electron chi connectivity index (χ3n) is 4.02. The molecule has 0 aliphatic carbocycles. The molecule has 6 heteroatoms. The van der Waals surface area contributed by atoms with Crippen LogP contribution in [0.2, 0.25) is 0 Å². The number of rotatable bonds is 7. The highest BCUT2D eigenvalue weighted by Crippen LogP contribution is 2.22. The molecular weight excluding hydrogens is 343 g/mol. The summed E-state index contributed by atoms with van der Waals surface area (Å²) in [4.78, 5) is 14.6. The van der Waals surface area contributed by atoms with Crippen molar-refractivity contribution in [1.29, 1.82) is 0 Å². The van der Waals surface area contributed by atoms with Gasteiger partial charge < -0.3 is 10.1 Å². The van der Waals surface area contributed by atoms with Crippen molar-refractivity contribution >= 4 is 17.5 Å². The zero-order valence-electron chi connectivity index (χ0n) is 14.0. The molecule has 2 rings (SSSR count). The molecule has 4 nitrogen and oxygen atoms in total. The largest absolute Gasteiger partial charge is 0.379 e. The van der Waals surface area contributed by atoms with Gasteiger partial charge in [0.25, 0.3) is 5.91 Å². The third-order valence-corrected chi connectivity index (χ3v) is 4.22. The van der Waals surface area contributed by atoms with Gasteiger partial charge in [-0.15, -0.1) is 0 Å². The SMILES string of the molecule is C=C/C=C(\C(=C)Cl)C(=O)NCC(c1ccc(F)cc1)N1CCOCC1. The van der Waals surface area contributed by atoms with E-state index in [2.05, 4.69) is 23.4 Å². The van der Waals surface area contributed by atoms with Gasteiger partial charge in [-0.3, -0.25) is 9.69 Å². The van der Waals surface area contributed by atoms with Crippen LogP contribution in [0.1, 0.15) is 11.6 Å². The lowest BCUT2D eigenvalue weighted by molar-refractivity contribution is -0.117. The number of nitrogens with zero attached hydrogens (tertiary/aromatic N) is 1.